The average molecular weight is 330 g/mol. The van der Waals surface area contributed by atoms with Crippen LogP contribution in [-0.2, 0) is 4.79 Å². The Hall–Kier alpha value is -2.14. The van der Waals surface area contributed by atoms with Gasteiger partial charge < -0.3 is 15.3 Å². The van der Waals surface area contributed by atoms with Crippen LogP contribution in [0.25, 0.3) is 0 Å². The Bertz CT molecular complexity index is 625. The molecule has 1 atom stereocenters. The molecule has 1 aliphatic rings. The summed E-state index contributed by atoms with van der Waals surface area (Å²) in [6, 6.07) is 7.02. The summed E-state index contributed by atoms with van der Waals surface area (Å²) in [7, 11) is 0. The van der Waals surface area contributed by atoms with E-state index >= 15 is 0 Å². The van der Waals surface area contributed by atoms with Gasteiger partial charge in [-0.3, -0.25) is 9.59 Å². The number of nitrogens with zero attached hydrogens (tertiary/aromatic N) is 1. The number of anilines is 1. The highest BCUT2D eigenvalue weighted by molar-refractivity contribution is 6.04. The van der Waals surface area contributed by atoms with Crippen molar-refractivity contribution in [3.05, 3.63) is 41.5 Å². The Balaban J connectivity index is 2.08. The average Bonchev–Trinajstić information content (AvgIpc) is 2.61. The number of hydrogen-bond donors (Lipinski definition) is 2. The predicted molar refractivity (Wildman–Crippen MR) is 94.8 cm³/mol. The van der Waals surface area contributed by atoms with Gasteiger partial charge in [-0.25, -0.2) is 0 Å². The number of likely N-dealkylation sites (tertiary alicyclic amines) is 1. The van der Waals surface area contributed by atoms with Gasteiger partial charge >= 0.3 is 0 Å². The summed E-state index contributed by atoms with van der Waals surface area (Å²) in [6.45, 7) is 5.17. The fraction of sp³-hybridized carbons (Fsp3) is 0.474. The lowest BCUT2D eigenvalue weighted by Crippen LogP contribution is -2.40. The maximum atomic E-state index is 12.7. The van der Waals surface area contributed by atoms with E-state index in [1.165, 1.54) is 0 Å². The standard InChI is InChI=1S/C19H26N2O3/c1-3-6-14(2)18(23)20-17-9-4-8-16(11-17)19(24)21-10-5-7-15(12-21)13-22/h4,6,8-9,11,15,22H,3,5,7,10,12-13H2,1-2H3,(H,20,23)/b14-6-. The highest BCUT2D eigenvalue weighted by Gasteiger charge is 2.24. The fourth-order valence-corrected chi connectivity index (χ4v) is 2.94. The predicted octanol–water partition coefficient (Wildman–Crippen LogP) is 2.83. The monoisotopic (exact) mass is 330 g/mol. The van der Waals surface area contributed by atoms with E-state index < -0.39 is 0 Å². The smallest absolute Gasteiger partial charge is 0.253 e. The van der Waals surface area contributed by atoms with E-state index in [1.54, 1.807) is 36.1 Å². The van der Waals surface area contributed by atoms with Gasteiger partial charge in [0, 0.05) is 36.5 Å². The molecule has 2 N–H and O–H groups in total. The van der Waals surface area contributed by atoms with Crippen LogP contribution in [0.3, 0.4) is 0 Å². The molecule has 1 aromatic rings. The van der Waals surface area contributed by atoms with Crippen LogP contribution in [0.1, 0.15) is 43.5 Å². The molecule has 0 spiro atoms. The number of carbonyl (C=O) groups excluding carboxylic acids is 2. The minimum Gasteiger partial charge on any atom is -0.396 e. The van der Waals surface area contributed by atoms with Crippen molar-refractivity contribution in [1.82, 2.24) is 4.90 Å². The van der Waals surface area contributed by atoms with Crippen LogP contribution in [0.4, 0.5) is 5.69 Å². The van der Waals surface area contributed by atoms with Gasteiger partial charge in [0.2, 0.25) is 0 Å². The second kappa shape index (κ2) is 8.64. The minimum atomic E-state index is -0.153. The van der Waals surface area contributed by atoms with Gasteiger partial charge in [0.15, 0.2) is 0 Å². The second-order valence-corrected chi connectivity index (χ2v) is 6.27. The third-order valence-electron chi connectivity index (χ3n) is 4.30. The maximum absolute atomic E-state index is 12.7. The number of benzene rings is 1. The molecule has 2 amide bonds. The molecule has 0 radical (unpaired) electrons. The maximum Gasteiger partial charge on any atom is 0.253 e. The molecule has 1 fully saturated rings. The van der Waals surface area contributed by atoms with Gasteiger partial charge in [-0.2, -0.15) is 0 Å². The van der Waals surface area contributed by atoms with E-state index in [2.05, 4.69) is 5.32 Å². The van der Waals surface area contributed by atoms with E-state index in [-0.39, 0.29) is 24.3 Å². The van der Waals surface area contributed by atoms with E-state index in [0.29, 0.717) is 29.9 Å². The number of aliphatic hydroxyl groups excluding tert-OH is 1. The molecular weight excluding hydrogens is 304 g/mol. The zero-order chi connectivity index (χ0) is 17.5. The number of amides is 2. The summed E-state index contributed by atoms with van der Waals surface area (Å²) >= 11 is 0. The lowest BCUT2D eigenvalue weighted by atomic mass is 9.98. The van der Waals surface area contributed by atoms with Crippen molar-refractivity contribution < 1.29 is 14.7 Å². The molecule has 1 heterocycles. The largest absolute Gasteiger partial charge is 0.396 e. The van der Waals surface area contributed by atoms with Crippen molar-refractivity contribution in [1.29, 1.82) is 0 Å². The zero-order valence-electron chi connectivity index (χ0n) is 14.4. The molecule has 5 heteroatoms. The van der Waals surface area contributed by atoms with Crippen molar-refractivity contribution in [2.75, 3.05) is 25.0 Å². The topological polar surface area (TPSA) is 69.6 Å². The highest BCUT2D eigenvalue weighted by atomic mass is 16.3. The Morgan fingerprint density at radius 1 is 1.42 bits per heavy atom. The summed E-state index contributed by atoms with van der Waals surface area (Å²) in [6.07, 6.45) is 4.54. The normalized spacial score (nSPS) is 18.4. The van der Waals surface area contributed by atoms with Gasteiger partial charge in [-0.15, -0.1) is 0 Å². The van der Waals surface area contributed by atoms with Crippen LogP contribution in [0.15, 0.2) is 35.9 Å². The van der Waals surface area contributed by atoms with Gasteiger partial charge in [-0.1, -0.05) is 19.1 Å². The number of nitrogens with one attached hydrogen (secondary N) is 1. The fourth-order valence-electron chi connectivity index (χ4n) is 2.94. The summed E-state index contributed by atoms with van der Waals surface area (Å²) in [5.41, 5.74) is 1.84. The van der Waals surface area contributed by atoms with Crippen molar-refractivity contribution >= 4 is 17.5 Å². The number of aliphatic hydroxyl groups is 1. The number of carbonyl (C=O) groups is 2. The molecular formula is C19H26N2O3. The van der Waals surface area contributed by atoms with E-state index in [4.69, 9.17) is 0 Å². The molecule has 1 unspecified atom stereocenters. The molecule has 130 valence electrons. The van der Waals surface area contributed by atoms with Crippen LogP contribution < -0.4 is 5.32 Å². The quantitative estimate of drug-likeness (QED) is 0.816. The number of piperidine rings is 1. The van der Waals surface area contributed by atoms with Crippen LogP contribution in [0, 0.1) is 5.92 Å². The molecule has 1 aliphatic heterocycles. The molecule has 1 aromatic carbocycles. The van der Waals surface area contributed by atoms with E-state index in [0.717, 1.165) is 19.3 Å². The highest BCUT2D eigenvalue weighted by Crippen LogP contribution is 2.20. The third kappa shape index (κ3) is 4.68. The summed E-state index contributed by atoms with van der Waals surface area (Å²) in [5.74, 6) is -0.0442. The Kier molecular flexibility index (Phi) is 6.55. The Morgan fingerprint density at radius 3 is 2.92 bits per heavy atom. The first-order chi connectivity index (χ1) is 11.5. The number of allylic oxidation sites excluding steroid dienone is 1. The van der Waals surface area contributed by atoms with E-state index in [9.17, 15) is 14.7 Å². The number of rotatable bonds is 5. The van der Waals surface area contributed by atoms with Gasteiger partial charge in [0.1, 0.15) is 0 Å². The molecule has 0 aromatic heterocycles. The second-order valence-electron chi connectivity index (χ2n) is 6.27. The molecule has 1 saturated heterocycles. The van der Waals surface area contributed by atoms with Crippen molar-refractivity contribution in [2.45, 2.75) is 33.1 Å². The first-order valence-electron chi connectivity index (χ1n) is 8.53. The van der Waals surface area contributed by atoms with Gasteiger partial charge in [-0.05, 0) is 50.3 Å². The van der Waals surface area contributed by atoms with Crippen molar-refractivity contribution in [3.8, 4) is 0 Å². The third-order valence-corrected chi connectivity index (χ3v) is 4.30. The van der Waals surface area contributed by atoms with Crippen LogP contribution in [0.5, 0.6) is 0 Å². The Labute approximate surface area is 143 Å². The minimum absolute atomic E-state index is 0.0509. The lowest BCUT2D eigenvalue weighted by molar-refractivity contribution is -0.112. The van der Waals surface area contributed by atoms with Crippen LogP contribution in [-0.4, -0.2) is 41.5 Å². The first kappa shape index (κ1) is 18.2. The molecule has 0 bridgehead atoms. The van der Waals surface area contributed by atoms with Crippen molar-refractivity contribution in [2.24, 2.45) is 5.92 Å². The van der Waals surface area contributed by atoms with E-state index in [1.807, 2.05) is 13.0 Å². The zero-order valence-corrected chi connectivity index (χ0v) is 14.4. The van der Waals surface area contributed by atoms with Gasteiger partial charge in [0.25, 0.3) is 11.8 Å². The summed E-state index contributed by atoms with van der Waals surface area (Å²) in [5, 5.41) is 12.1. The lowest BCUT2D eigenvalue weighted by Gasteiger charge is -2.32. The summed E-state index contributed by atoms with van der Waals surface area (Å²) in [4.78, 5) is 26.5. The van der Waals surface area contributed by atoms with Crippen molar-refractivity contribution in [3.63, 3.8) is 0 Å². The molecule has 2 rings (SSSR count). The molecule has 5 nitrogen and oxygen atoms in total. The SMILES string of the molecule is CC/C=C(/C)C(=O)Nc1cccc(C(=O)N2CCCC(CO)C2)c1. The molecule has 24 heavy (non-hydrogen) atoms. The first-order valence-corrected chi connectivity index (χ1v) is 8.53. The van der Waals surface area contributed by atoms with Crippen LogP contribution >= 0.6 is 0 Å². The summed E-state index contributed by atoms with van der Waals surface area (Å²) < 4.78 is 0. The Morgan fingerprint density at radius 2 is 2.21 bits per heavy atom. The van der Waals surface area contributed by atoms with Gasteiger partial charge in [0.05, 0.1) is 0 Å². The molecule has 0 aliphatic carbocycles. The number of hydrogen-bond acceptors (Lipinski definition) is 3. The van der Waals surface area contributed by atoms with Crippen LogP contribution in [0.2, 0.25) is 0 Å². The molecule has 0 saturated carbocycles.